The molecule has 6 aromatic rings. The number of pyridine rings is 2. The number of carbonyl (C=O) groups excluding carboxylic acids is 1. The summed E-state index contributed by atoms with van der Waals surface area (Å²) in [6.07, 6.45) is 3.58. The highest BCUT2D eigenvalue weighted by Gasteiger charge is 2.42. The van der Waals surface area contributed by atoms with Crippen LogP contribution in [0.25, 0.3) is 22.5 Å². The maximum Gasteiger partial charge on any atom is 0.170 e. The lowest BCUT2D eigenvalue weighted by Crippen LogP contribution is -2.64. The number of benzene rings is 2. The Morgan fingerprint density at radius 3 is 1.38 bits per heavy atom. The van der Waals surface area contributed by atoms with Crippen molar-refractivity contribution in [3.8, 4) is 34.0 Å². The molecule has 2 aliphatic heterocycles. The molecule has 2 aromatic carbocycles. The maximum atomic E-state index is 16.2. The minimum absolute atomic E-state index is 0.0437. The molecule has 2 fully saturated rings. The van der Waals surface area contributed by atoms with Gasteiger partial charge in [0, 0.05) is 110 Å². The van der Waals surface area contributed by atoms with Crippen LogP contribution in [0.1, 0.15) is 36.6 Å². The highest BCUT2D eigenvalue weighted by Crippen LogP contribution is 2.36. The van der Waals surface area contributed by atoms with Crippen LogP contribution in [0.3, 0.4) is 0 Å². The fourth-order valence-corrected chi connectivity index (χ4v) is 10.2. The fourth-order valence-electron chi connectivity index (χ4n) is 9.28. The Balaban J connectivity index is 1.18. The van der Waals surface area contributed by atoms with Gasteiger partial charge in [0.2, 0.25) is 0 Å². The maximum absolute atomic E-state index is 16.2. The summed E-state index contributed by atoms with van der Waals surface area (Å²) in [6.45, 7) is 16.6. The predicted molar refractivity (Wildman–Crippen MR) is 265 cm³/mol. The standard InChI is InChI=1S/C49H56Cl4N10O3/c1-29-9-11-35(23-54-29)47-45(52)33(5)62(56-47)27-41(60-19-17-58(25-31(60)3)37-13-15-39(50)43(21-37)65-7)49(64)42(28-63-34(6)46(53)48(57-63)36-12-10-30(2)55-24-36)61-20-18-59(26-32(61)4)38-14-16-40(51)44(22-38)66-8/h9-16,21-24,31-32,41-42H,17-20,25-28H2,1-8H3. The molecule has 2 aliphatic rings. The van der Waals surface area contributed by atoms with Crippen LogP contribution in [0.2, 0.25) is 20.1 Å². The number of hydrogen-bond donors (Lipinski definition) is 0. The second kappa shape index (κ2) is 20.1. The van der Waals surface area contributed by atoms with Crippen LogP contribution in [0.5, 0.6) is 11.5 Å². The molecule has 2 saturated heterocycles. The number of nitrogens with zero attached hydrogens (tertiary/aromatic N) is 10. The Morgan fingerprint density at radius 2 is 1.03 bits per heavy atom. The fraction of sp³-hybridized carbons (Fsp3) is 0.408. The number of ether oxygens (including phenoxy) is 2. The van der Waals surface area contributed by atoms with Crippen LogP contribution in [0.4, 0.5) is 11.4 Å². The molecule has 348 valence electrons. The minimum atomic E-state index is -0.608. The summed E-state index contributed by atoms with van der Waals surface area (Å²) in [4.78, 5) is 34.5. The van der Waals surface area contributed by atoms with E-state index in [0.29, 0.717) is 82.2 Å². The molecule has 0 radical (unpaired) electrons. The van der Waals surface area contributed by atoms with Crippen molar-refractivity contribution in [3.05, 3.63) is 116 Å². The Bertz CT molecular complexity index is 2510. The van der Waals surface area contributed by atoms with Crippen molar-refractivity contribution in [3.63, 3.8) is 0 Å². The van der Waals surface area contributed by atoms with Crippen molar-refractivity contribution in [1.82, 2.24) is 39.3 Å². The third kappa shape index (κ3) is 9.75. The summed E-state index contributed by atoms with van der Waals surface area (Å²) in [7, 11) is 3.24. The summed E-state index contributed by atoms with van der Waals surface area (Å²) in [5, 5.41) is 12.4. The molecule has 4 unspecified atom stereocenters. The lowest BCUT2D eigenvalue weighted by molar-refractivity contribution is -0.133. The number of carbonyl (C=O) groups is 1. The second-order valence-electron chi connectivity index (χ2n) is 17.4. The van der Waals surface area contributed by atoms with Gasteiger partial charge in [0.05, 0.1) is 70.9 Å². The first kappa shape index (κ1) is 47.6. The third-order valence-corrected chi connectivity index (χ3v) is 14.7. The quantitative estimate of drug-likeness (QED) is 0.104. The summed E-state index contributed by atoms with van der Waals surface area (Å²) >= 11 is 27.1. The van der Waals surface area contributed by atoms with E-state index >= 15 is 4.79 Å². The molecule has 4 aromatic heterocycles. The van der Waals surface area contributed by atoms with Gasteiger partial charge in [-0.15, -0.1) is 0 Å². The first-order chi connectivity index (χ1) is 31.6. The number of ketones is 1. The number of rotatable bonds is 14. The smallest absolute Gasteiger partial charge is 0.170 e. The number of hydrogen-bond acceptors (Lipinski definition) is 11. The molecule has 66 heavy (non-hydrogen) atoms. The number of aryl methyl sites for hydroxylation is 2. The molecule has 0 bridgehead atoms. The van der Waals surface area contributed by atoms with Crippen molar-refractivity contribution in [2.45, 2.75) is 78.8 Å². The predicted octanol–water partition coefficient (Wildman–Crippen LogP) is 9.50. The normalized spacial score (nSPS) is 18.1. The molecule has 0 saturated carbocycles. The van der Waals surface area contributed by atoms with E-state index in [1.54, 1.807) is 26.6 Å². The number of halogens is 4. The lowest BCUT2D eigenvalue weighted by atomic mass is 9.96. The van der Waals surface area contributed by atoms with E-state index in [1.165, 1.54) is 0 Å². The van der Waals surface area contributed by atoms with Crippen molar-refractivity contribution in [2.24, 2.45) is 0 Å². The summed E-state index contributed by atoms with van der Waals surface area (Å²) in [6, 6.07) is 18.3. The molecule has 8 rings (SSSR count). The van der Waals surface area contributed by atoms with Gasteiger partial charge in [-0.2, -0.15) is 10.2 Å². The number of methoxy groups -OCH3 is 2. The van der Waals surface area contributed by atoms with Crippen molar-refractivity contribution >= 4 is 63.6 Å². The molecule has 6 heterocycles. The molecule has 17 heteroatoms. The summed E-state index contributed by atoms with van der Waals surface area (Å²) < 4.78 is 15.0. The van der Waals surface area contributed by atoms with E-state index in [4.69, 9.17) is 66.1 Å². The first-order valence-corrected chi connectivity index (χ1v) is 23.7. The summed E-state index contributed by atoms with van der Waals surface area (Å²) in [5.74, 6) is 1.29. The van der Waals surface area contributed by atoms with Gasteiger partial charge in [0.15, 0.2) is 5.78 Å². The van der Waals surface area contributed by atoms with Gasteiger partial charge in [-0.05, 0) is 90.1 Å². The number of Topliss-reactive ketones (excluding diaryl/α,β-unsaturated/α-hetero) is 1. The van der Waals surface area contributed by atoms with Gasteiger partial charge in [-0.1, -0.05) is 46.4 Å². The SMILES string of the molecule is COc1cc(N2CCN(C(Cn3nc(-c4ccc(C)nc4)c(Cl)c3C)C(=O)C(Cn3nc(-c4ccc(C)nc4)c(Cl)c3C)N3CCN(c4ccc(Cl)c(OC)c4)CC3C)C(C)C2)ccc1Cl. The average molecular weight is 975 g/mol. The van der Waals surface area contributed by atoms with Crippen LogP contribution < -0.4 is 19.3 Å². The van der Waals surface area contributed by atoms with E-state index in [9.17, 15) is 0 Å². The average Bonchev–Trinajstić information content (AvgIpc) is 3.76. The van der Waals surface area contributed by atoms with E-state index < -0.39 is 12.1 Å². The van der Waals surface area contributed by atoms with Gasteiger partial charge in [0.25, 0.3) is 0 Å². The Hall–Kier alpha value is -4.89. The Morgan fingerprint density at radius 1 is 0.621 bits per heavy atom. The van der Waals surface area contributed by atoms with Gasteiger partial charge < -0.3 is 19.3 Å². The molecule has 0 aliphatic carbocycles. The molecular weight excluding hydrogens is 918 g/mol. The topological polar surface area (TPSA) is 110 Å². The van der Waals surface area contributed by atoms with Crippen LogP contribution in [-0.4, -0.2) is 123 Å². The molecule has 0 N–H and O–H groups in total. The van der Waals surface area contributed by atoms with Gasteiger partial charge in [0.1, 0.15) is 22.9 Å². The zero-order valence-corrected chi connectivity index (χ0v) is 41.6. The highest BCUT2D eigenvalue weighted by molar-refractivity contribution is 6.34. The first-order valence-electron chi connectivity index (χ1n) is 22.2. The number of anilines is 2. The second-order valence-corrected chi connectivity index (χ2v) is 18.9. The monoisotopic (exact) mass is 972 g/mol. The zero-order chi connectivity index (χ0) is 47.0. The largest absolute Gasteiger partial charge is 0.495 e. The van der Waals surface area contributed by atoms with Crippen molar-refractivity contribution in [2.75, 3.05) is 63.3 Å². The lowest BCUT2D eigenvalue weighted by Gasteiger charge is -2.48. The third-order valence-electron chi connectivity index (χ3n) is 13.1. The zero-order valence-electron chi connectivity index (χ0n) is 38.6. The van der Waals surface area contributed by atoms with Gasteiger partial charge >= 0.3 is 0 Å². The summed E-state index contributed by atoms with van der Waals surface area (Å²) in [5.41, 5.74) is 8.22. The van der Waals surface area contributed by atoms with E-state index in [2.05, 4.69) is 43.4 Å². The Labute approximate surface area is 407 Å². The molecule has 13 nitrogen and oxygen atoms in total. The minimum Gasteiger partial charge on any atom is -0.495 e. The van der Waals surface area contributed by atoms with E-state index in [1.807, 2.05) is 97.7 Å². The van der Waals surface area contributed by atoms with Crippen LogP contribution in [0.15, 0.2) is 73.1 Å². The number of piperazine rings is 2. The Kier molecular flexibility index (Phi) is 14.5. The van der Waals surface area contributed by atoms with Crippen LogP contribution >= 0.6 is 46.4 Å². The molecule has 0 amide bonds. The highest BCUT2D eigenvalue weighted by atomic mass is 35.5. The van der Waals surface area contributed by atoms with E-state index in [0.717, 1.165) is 45.3 Å². The molecule has 4 atom stereocenters. The van der Waals surface area contributed by atoms with Crippen LogP contribution in [0, 0.1) is 27.7 Å². The van der Waals surface area contributed by atoms with Gasteiger partial charge in [-0.3, -0.25) is 33.9 Å². The molecule has 0 spiro atoms. The van der Waals surface area contributed by atoms with Crippen LogP contribution in [-0.2, 0) is 17.9 Å². The molecular formula is C49H56Cl4N10O3. The van der Waals surface area contributed by atoms with Crippen molar-refractivity contribution < 1.29 is 14.3 Å². The van der Waals surface area contributed by atoms with Crippen molar-refractivity contribution in [1.29, 1.82) is 0 Å². The number of aromatic nitrogens is 6. The van der Waals surface area contributed by atoms with E-state index in [-0.39, 0.29) is 31.0 Å². The van der Waals surface area contributed by atoms with Gasteiger partial charge in [-0.25, -0.2) is 0 Å².